The number of rotatable bonds is 1. The minimum Gasteiger partial charge on any atom is -0.323 e. The van der Waals surface area contributed by atoms with Crippen LogP contribution >= 0.6 is 35.2 Å². The molecule has 0 radical (unpaired) electrons. The summed E-state index contributed by atoms with van der Waals surface area (Å²) >= 11 is 13.1. The van der Waals surface area contributed by atoms with Gasteiger partial charge in [-0.1, -0.05) is 17.7 Å². The molecular weight excluding hydrogens is 324 g/mol. The van der Waals surface area contributed by atoms with Gasteiger partial charge >= 0.3 is 0 Å². The maximum atomic E-state index is 12.9. The number of hydrogen-bond donors (Lipinski definition) is 1. The van der Waals surface area contributed by atoms with Gasteiger partial charge in [-0.25, -0.2) is 0 Å². The normalized spacial score (nSPS) is 11.2. The summed E-state index contributed by atoms with van der Waals surface area (Å²) in [7, 11) is 0. The van der Waals surface area contributed by atoms with Crippen molar-refractivity contribution in [2.75, 3.05) is 0 Å². The van der Waals surface area contributed by atoms with Crippen molar-refractivity contribution in [1.29, 1.82) is 0 Å². The number of hydrogen-bond acceptors (Lipinski definition) is 3. The molecule has 2 heterocycles. The van der Waals surface area contributed by atoms with Gasteiger partial charge in [0.15, 0.2) is 4.77 Å². The third kappa shape index (κ3) is 2.16. The minimum atomic E-state index is -0.0963. The first-order valence-corrected chi connectivity index (χ1v) is 8.02. The van der Waals surface area contributed by atoms with Crippen molar-refractivity contribution in [3.05, 3.63) is 54.4 Å². The third-order valence-corrected chi connectivity index (χ3v) is 5.52. The summed E-state index contributed by atoms with van der Waals surface area (Å²) in [5.41, 5.74) is 2.46. The predicted molar refractivity (Wildman–Crippen MR) is 91.8 cm³/mol. The van der Waals surface area contributed by atoms with Crippen LogP contribution in [0.15, 0.2) is 23.0 Å². The van der Waals surface area contributed by atoms with Gasteiger partial charge in [0.1, 0.15) is 4.83 Å². The second kappa shape index (κ2) is 5.09. The number of aromatic amines is 1. The molecule has 0 bridgehead atoms. The topological polar surface area (TPSA) is 37.8 Å². The average Bonchev–Trinajstić information content (AvgIpc) is 2.70. The SMILES string of the molecule is Cc1sc2[nH]c(=S)n(-c3cccc(Cl)c3C)c(=O)c2c1C. The maximum absolute atomic E-state index is 12.9. The van der Waals surface area contributed by atoms with Crippen LogP contribution in [-0.2, 0) is 0 Å². The third-order valence-electron chi connectivity index (χ3n) is 3.71. The number of aryl methyl sites for hydroxylation is 2. The first-order chi connectivity index (χ1) is 9.91. The zero-order valence-electron chi connectivity index (χ0n) is 11.8. The largest absolute Gasteiger partial charge is 0.323 e. The summed E-state index contributed by atoms with van der Waals surface area (Å²) < 4.78 is 1.91. The van der Waals surface area contributed by atoms with Gasteiger partial charge in [-0.2, -0.15) is 0 Å². The van der Waals surface area contributed by atoms with Crippen molar-refractivity contribution in [2.24, 2.45) is 0 Å². The second-order valence-corrected chi connectivity index (χ2v) is 6.96. The highest BCUT2D eigenvalue weighted by Crippen LogP contribution is 2.27. The summed E-state index contributed by atoms with van der Waals surface area (Å²) in [6, 6.07) is 5.48. The number of benzene rings is 1. The first kappa shape index (κ1) is 14.5. The summed E-state index contributed by atoms with van der Waals surface area (Å²) in [4.78, 5) is 18.0. The van der Waals surface area contributed by atoms with Gasteiger partial charge in [0.25, 0.3) is 5.56 Å². The van der Waals surface area contributed by atoms with Crippen LogP contribution < -0.4 is 5.56 Å². The highest BCUT2D eigenvalue weighted by molar-refractivity contribution is 7.71. The number of H-pyrrole nitrogens is 1. The molecule has 0 atom stereocenters. The molecule has 0 spiro atoms. The smallest absolute Gasteiger partial charge is 0.267 e. The van der Waals surface area contributed by atoms with Crippen molar-refractivity contribution in [1.82, 2.24) is 9.55 Å². The molecule has 1 N–H and O–H groups in total. The Bertz CT molecular complexity index is 982. The fourth-order valence-electron chi connectivity index (χ4n) is 2.39. The van der Waals surface area contributed by atoms with Crippen molar-refractivity contribution in [3.8, 4) is 5.69 Å². The molecule has 1 aromatic carbocycles. The van der Waals surface area contributed by atoms with Gasteiger partial charge in [0.05, 0.1) is 11.1 Å². The minimum absolute atomic E-state index is 0.0963. The van der Waals surface area contributed by atoms with Crippen LogP contribution in [0.4, 0.5) is 0 Å². The standard InChI is InChI=1S/C15H13ClN2OS2/c1-7-9(3)21-13-12(7)14(19)18(15(20)17-13)11-6-4-5-10(16)8(11)2/h4-6H,1-3H3,(H,17,20). The van der Waals surface area contributed by atoms with Crippen molar-refractivity contribution in [2.45, 2.75) is 20.8 Å². The van der Waals surface area contributed by atoms with E-state index in [4.69, 9.17) is 23.8 Å². The number of aromatic nitrogens is 2. The van der Waals surface area contributed by atoms with Crippen LogP contribution in [0.2, 0.25) is 5.02 Å². The van der Waals surface area contributed by atoms with Crippen LogP contribution in [0.1, 0.15) is 16.0 Å². The summed E-state index contributed by atoms with van der Waals surface area (Å²) in [6.45, 7) is 5.85. The maximum Gasteiger partial charge on any atom is 0.267 e. The average molecular weight is 337 g/mol. The zero-order chi connectivity index (χ0) is 15.3. The number of halogens is 1. The van der Waals surface area contributed by atoms with Crippen LogP contribution in [0.3, 0.4) is 0 Å². The molecule has 0 unspecified atom stereocenters. The molecule has 6 heteroatoms. The van der Waals surface area contributed by atoms with Gasteiger partial charge in [-0.15, -0.1) is 11.3 Å². The van der Waals surface area contributed by atoms with E-state index in [1.54, 1.807) is 17.4 Å². The van der Waals surface area contributed by atoms with Crippen LogP contribution in [0.5, 0.6) is 0 Å². The Kier molecular flexibility index (Phi) is 3.51. The highest BCUT2D eigenvalue weighted by Gasteiger charge is 2.15. The predicted octanol–water partition coefficient (Wildman–Crippen LogP) is 4.69. The van der Waals surface area contributed by atoms with Crippen molar-refractivity contribution < 1.29 is 0 Å². The molecule has 3 aromatic rings. The van der Waals surface area contributed by atoms with Gasteiger partial charge in [0.2, 0.25) is 0 Å². The number of fused-ring (bicyclic) bond motifs is 1. The van der Waals surface area contributed by atoms with Gasteiger partial charge in [0, 0.05) is 9.90 Å². The molecule has 0 aliphatic rings. The lowest BCUT2D eigenvalue weighted by Crippen LogP contribution is -2.21. The molecule has 0 saturated carbocycles. The Morgan fingerprint density at radius 1 is 1.24 bits per heavy atom. The van der Waals surface area contributed by atoms with E-state index in [2.05, 4.69) is 4.98 Å². The lowest BCUT2D eigenvalue weighted by atomic mass is 10.2. The van der Waals surface area contributed by atoms with Crippen LogP contribution in [0, 0.1) is 25.5 Å². The molecule has 0 amide bonds. The molecule has 108 valence electrons. The summed E-state index contributed by atoms with van der Waals surface area (Å²) in [5, 5.41) is 1.32. The quantitative estimate of drug-likeness (QED) is 0.655. The molecule has 0 saturated heterocycles. The van der Waals surface area contributed by atoms with Crippen LogP contribution in [0.25, 0.3) is 15.9 Å². The van der Waals surface area contributed by atoms with Crippen molar-refractivity contribution >= 4 is 45.4 Å². The van der Waals surface area contributed by atoms with Gasteiger partial charge in [-0.05, 0) is 56.2 Å². The summed E-state index contributed by atoms with van der Waals surface area (Å²) in [5.74, 6) is 0. The first-order valence-electron chi connectivity index (χ1n) is 6.42. The Morgan fingerprint density at radius 2 is 1.95 bits per heavy atom. The Balaban J connectivity index is 2.49. The molecule has 0 aliphatic heterocycles. The van der Waals surface area contributed by atoms with E-state index < -0.39 is 0 Å². The molecule has 0 aliphatic carbocycles. The molecule has 3 nitrogen and oxygen atoms in total. The van der Waals surface area contributed by atoms with E-state index >= 15 is 0 Å². The van der Waals surface area contributed by atoms with E-state index in [0.717, 1.165) is 26.5 Å². The fourth-order valence-corrected chi connectivity index (χ4v) is 3.96. The number of thiophene rings is 1. The Hall–Kier alpha value is -1.43. The zero-order valence-corrected chi connectivity index (χ0v) is 14.2. The molecule has 0 fully saturated rings. The number of nitrogens with zero attached hydrogens (tertiary/aromatic N) is 1. The number of nitrogens with one attached hydrogen (secondary N) is 1. The van der Waals surface area contributed by atoms with Crippen molar-refractivity contribution in [3.63, 3.8) is 0 Å². The lowest BCUT2D eigenvalue weighted by molar-refractivity contribution is 0.932. The van der Waals surface area contributed by atoms with Crippen LogP contribution in [-0.4, -0.2) is 9.55 Å². The van der Waals surface area contributed by atoms with E-state index in [1.807, 2.05) is 32.9 Å². The second-order valence-electron chi connectivity index (χ2n) is 4.94. The van der Waals surface area contributed by atoms with E-state index in [9.17, 15) is 4.79 Å². The Labute approximate surface area is 135 Å². The molecular formula is C15H13ClN2OS2. The fraction of sp³-hybridized carbons (Fsp3) is 0.200. The summed E-state index contributed by atoms with van der Waals surface area (Å²) in [6.07, 6.45) is 0. The molecule has 2 aromatic heterocycles. The molecule has 3 rings (SSSR count). The highest BCUT2D eigenvalue weighted by atomic mass is 35.5. The van der Waals surface area contributed by atoms with E-state index in [-0.39, 0.29) is 5.56 Å². The lowest BCUT2D eigenvalue weighted by Gasteiger charge is -2.11. The van der Waals surface area contributed by atoms with E-state index in [1.165, 1.54) is 4.57 Å². The molecule has 21 heavy (non-hydrogen) atoms. The van der Waals surface area contributed by atoms with E-state index in [0.29, 0.717) is 15.2 Å². The van der Waals surface area contributed by atoms with Gasteiger partial charge < -0.3 is 4.98 Å². The Morgan fingerprint density at radius 3 is 2.67 bits per heavy atom. The monoisotopic (exact) mass is 336 g/mol. The van der Waals surface area contributed by atoms with Gasteiger partial charge in [-0.3, -0.25) is 9.36 Å².